The zero-order valence-corrected chi connectivity index (χ0v) is 16.0. The Balaban J connectivity index is 0.00000210. The Hall–Kier alpha value is -3.04. The molecule has 0 radical (unpaired) electrons. The van der Waals surface area contributed by atoms with Gasteiger partial charge in [0.05, 0.1) is 11.4 Å². The molecule has 0 spiro atoms. The van der Waals surface area contributed by atoms with Crippen LogP contribution < -0.4 is 10.6 Å². The van der Waals surface area contributed by atoms with E-state index >= 15 is 0 Å². The van der Waals surface area contributed by atoms with E-state index < -0.39 is 0 Å². The number of benzene rings is 4. The standard InChI is InChI=1S/C23H21N3.ClH/c1-2-26(22-16-8-12-18-10-4-6-14-20(18)22)23(24)25-21-15-7-11-17-9-3-5-13-19(17)21;/h3-16H,2H2,1H3,(H2,24,25);1H. The number of halogens is 1. The van der Waals surface area contributed by atoms with Crippen molar-refractivity contribution in [1.82, 2.24) is 0 Å². The summed E-state index contributed by atoms with van der Waals surface area (Å²) in [6, 6.07) is 29.0. The molecular weight excluding hydrogens is 354 g/mol. The second-order valence-corrected chi connectivity index (χ2v) is 6.21. The maximum Gasteiger partial charge on any atom is 0.201 e. The maximum atomic E-state index is 6.45. The van der Waals surface area contributed by atoms with E-state index in [-0.39, 0.29) is 12.4 Å². The molecule has 0 unspecified atom stereocenters. The number of hydrogen-bond donors (Lipinski definition) is 1. The molecule has 136 valence electrons. The Kier molecular flexibility index (Phi) is 5.63. The molecule has 0 saturated heterocycles. The highest BCUT2D eigenvalue weighted by Crippen LogP contribution is 2.29. The van der Waals surface area contributed by atoms with Crippen LogP contribution in [-0.2, 0) is 0 Å². The summed E-state index contributed by atoms with van der Waals surface area (Å²) in [5.41, 5.74) is 8.41. The lowest BCUT2D eigenvalue weighted by Gasteiger charge is -2.23. The van der Waals surface area contributed by atoms with Crippen LogP contribution >= 0.6 is 12.4 Å². The minimum Gasteiger partial charge on any atom is -0.369 e. The molecule has 4 heteroatoms. The summed E-state index contributed by atoms with van der Waals surface area (Å²) in [6.45, 7) is 2.83. The smallest absolute Gasteiger partial charge is 0.201 e. The van der Waals surface area contributed by atoms with Gasteiger partial charge in [0.25, 0.3) is 0 Å². The van der Waals surface area contributed by atoms with Crippen LogP contribution in [0.4, 0.5) is 11.4 Å². The number of nitrogens with two attached hydrogens (primary N) is 1. The van der Waals surface area contributed by atoms with Crippen LogP contribution in [0.3, 0.4) is 0 Å². The quantitative estimate of drug-likeness (QED) is 0.358. The first-order valence-corrected chi connectivity index (χ1v) is 8.85. The molecule has 3 nitrogen and oxygen atoms in total. The second-order valence-electron chi connectivity index (χ2n) is 6.21. The van der Waals surface area contributed by atoms with Gasteiger partial charge in [0, 0.05) is 17.3 Å². The molecule has 0 fully saturated rings. The molecule has 4 rings (SSSR count). The van der Waals surface area contributed by atoms with Crippen LogP contribution in [0, 0.1) is 0 Å². The highest BCUT2D eigenvalue weighted by Gasteiger charge is 2.12. The van der Waals surface area contributed by atoms with Gasteiger partial charge in [0.2, 0.25) is 5.96 Å². The molecular formula is C23H22ClN3. The average molecular weight is 376 g/mol. The number of hydrogen-bond acceptors (Lipinski definition) is 1. The van der Waals surface area contributed by atoms with Gasteiger partial charge in [0.1, 0.15) is 0 Å². The normalized spacial score (nSPS) is 11.4. The minimum atomic E-state index is 0. The van der Waals surface area contributed by atoms with Gasteiger partial charge in [-0.25, -0.2) is 4.99 Å². The van der Waals surface area contributed by atoms with E-state index in [0.29, 0.717) is 5.96 Å². The van der Waals surface area contributed by atoms with Crippen LogP contribution in [0.15, 0.2) is 89.9 Å². The molecule has 0 aliphatic heterocycles. The fraction of sp³-hybridized carbons (Fsp3) is 0.0870. The lowest BCUT2D eigenvalue weighted by molar-refractivity contribution is 1.05. The largest absolute Gasteiger partial charge is 0.369 e. The van der Waals surface area contributed by atoms with E-state index in [1.165, 1.54) is 10.8 Å². The zero-order chi connectivity index (χ0) is 17.9. The molecule has 0 heterocycles. The van der Waals surface area contributed by atoms with Gasteiger partial charge >= 0.3 is 0 Å². The van der Waals surface area contributed by atoms with Crippen molar-refractivity contribution in [3.8, 4) is 0 Å². The van der Waals surface area contributed by atoms with Crippen LogP contribution in [0.25, 0.3) is 21.5 Å². The van der Waals surface area contributed by atoms with E-state index in [1.54, 1.807) is 0 Å². The average Bonchev–Trinajstić information content (AvgIpc) is 2.69. The summed E-state index contributed by atoms with van der Waals surface area (Å²) in [4.78, 5) is 6.82. The van der Waals surface area contributed by atoms with Crippen molar-refractivity contribution in [2.24, 2.45) is 10.7 Å². The first-order valence-electron chi connectivity index (χ1n) is 8.85. The first-order chi connectivity index (χ1) is 12.8. The van der Waals surface area contributed by atoms with Gasteiger partial charge < -0.3 is 10.6 Å². The van der Waals surface area contributed by atoms with Gasteiger partial charge in [-0.1, -0.05) is 72.8 Å². The van der Waals surface area contributed by atoms with Gasteiger partial charge in [-0.2, -0.15) is 0 Å². The Bertz CT molecular complexity index is 1090. The Labute approximate surface area is 165 Å². The summed E-state index contributed by atoms with van der Waals surface area (Å²) in [7, 11) is 0. The van der Waals surface area contributed by atoms with Crippen LogP contribution in [0.1, 0.15) is 6.92 Å². The van der Waals surface area contributed by atoms with Crippen molar-refractivity contribution in [3.63, 3.8) is 0 Å². The highest BCUT2D eigenvalue weighted by atomic mass is 35.5. The number of nitrogens with zero attached hydrogens (tertiary/aromatic N) is 2. The lowest BCUT2D eigenvalue weighted by atomic mass is 10.1. The van der Waals surface area contributed by atoms with Crippen LogP contribution in [0.2, 0.25) is 0 Å². The molecule has 0 saturated carbocycles. The maximum absolute atomic E-state index is 6.45. The van der Waals surface area contributed by atoms with E-state index in [2.05, 4.69) is 72.5 Å². The molecule has 0 bridgehead atoms. The van der Waals surface area contributed by atoms with Crippen molar-refractivity contribution in [2.75, 3.05) is 11.4 Å². The zero-order valence-electron chi connectivity index (χ0n) is 15.2. The van der Waals surface area contributed by atoms with Gasteiger partial charge in [0.15, 0.2) is 0 Å². The minimum absolute atomic E-state index is 0. The molecule has 0 atom stereocenters. The summed E-state index contributed by atoms with van der Waals surface area (Å²) < 4.78 is 0. The third-order valence-electron chi connectivity index (χ3n) is 4.65. The predicted molar refractivity (Wildman–Crippen MR) is 119 cm³/mol. The molecule has 4 aromatic rings. The summed E-state index contributed by atoms with van der Waals surface area (Å²) >= 11 is 0. The molecule has 0 amide bonds. The molecule has 0 aliphatic rings. The number of aliphatic imine (C=N–C) groups is 1. The van der Waals surface area contributed by atoms with Crippen molar-refractivity contribution in [1.29, 1.82) is 0 Å². The molecule has 0 aliphatic carbocycles. The molecule has 2 N–H and O–H groups in total. The molecule has 27 heavy (non-hydrogen) atoms. The number of rotatable bonds is 3. The number of guanidine groups is 1. The highest BCUT2D eigenvalue weighted by molar-refractivity contribution is 6.06. The van der Waals surface area contributed by atoms with Crippen LogP contribution in [-0.4, -0.2) is 12.5 Å². The molecule has 0 aromatic heterocycles. The number of fused-ring (bicyclic) bond motifs is 2. The SMILES string of the molecule is CCN(C(N)=Nc1cccc2ccccc12)c1cccc2ccccc12.Cl. The molecule has 4 aromatic carbocycles. The van der Waals surface area contributed by atoms with Gasteiger partial charge in [-0.3, -0.25) is 0 Å². The Morgan fingerprint density at radius 1 is 0.778 bits per heavy atom. The van der Waals surface area contributed by atoms with Crippen molar-refractivity contribution in [2.45, 2.75) is 6.92 Å². The monoisotopic (exact) mass is 375 g/mol. The Morgan fingerprint density at radius 3 is 2.04 bits per heavy atom. The van der Waals surface area contributed by atoms with Gasteiger partial charge in [-0.05, 0) is 29.8 Å². The lowest BCUT2D eigenvalue weighted by Crippen LogP contribution is -2.37. The van der Waals surface area contributed by atoms with Crippen molar-refractivity contribution >= 4 is 51.3 Å². The Morgan fingerprint density at radius 2 is 1.33 bits per heavy atom. The third kappa shape index (κ3) is 3.60. The second kappa shape index (κ2) is 8.11. The summed E-state index contributed by atoms with van der Waals surface area (Å²) in [5.74, 6) is 0.500. The fourth-order valence-electron chi connectivity index (χ4n) is 3.39. The first kappa shape index (κ1) is 18.7. The van der Waals surface area contributed by atoms with E-state index in [4.69, 9.17) is 10.7 Å². The van der Waals surface area contributed by atoms with E-state index in [0.717, 1.165) is 28.7 Å². The van der Waals surface area contributed by atoms with E-state index in [1.807, 2.05) is 24.3 Å². The van der Waals surface area contributed by atoms with E-state index in [9.17, 15) is 0 Å². The van der Waals surface area contributed by atoms with Crippen LogP contribution in [0.5, 0.6) is 0 Å². The third-order valence-corrected chi connectivity index (χ3v) is 4.65. The number of anilines is 1. The van der Waals surface area contributed by atoms with Crippen molar-refractivity contribution in [3.05, 3.63) is 84.9 Å². The topological polar surface area (TPSA) is 41.6 Å². The summed E-state index contributed by atoms with van der Waals surface area (Å²) in [6.07, 6.45) is 0. The fourth-order valence-corrected chi connectivity index (χ4v) is 3.39. The summed E-state index contributed by atoms with van der Waals surface area (Å²) in [5, 5.41) is 4.64. The van der Waals surface area contributed by atoms with Gasteiger partial charge in [-0.15, -0.1) is 12.4 Å². The van der Waals surface area contributed by atoms with Crippen molar-refractivity contribution < 1.29 is 0 Å². The predicted octanol–water partition coefficient (Wildman–Crippen LogP) is 5.89.